The molecule has 0 saturated heterocycles. The van der Waals surface area contributed by atoms with Crippen LogP contribution in [0.4, 0.5) is 15.8 Å². The highest BCUT2D eigenvalue weighted by atomic mass is 35.5. The van der Waals surface area contributed by atoms with Gasteiger partial charge in [-0.1, -0.05) is 41.9 Å². The lowest BCUT2D eigenvalue weighted by molar-refractivity contribution is -0.118. The number of rotatable bonds is 7. The molecule has 6 nitrogen and oxygen atoms in total. The van der Waals surface area contributed by atoms with Gasteiger partial charge in [-0.05, 0) is 60.2 Å². The molecule has 31 heavy (non-hydrogen) atoms. The van der Waals surface area contributed by atoms with Crippen LogP contribution in [0.3, 0.4) is 0 Å². The summed E-state index contributed by atoms with van der Waals surface area (Å²) < 4.78 is 19.0. The number of carbonyl (C=O) groups excluding carboxylic acids is 1. The summed E-state index contributed by atoms with van der Waals surface area (Å²) in [6.07, 6.45) is 1.54. The maximum Gasteiger partial charge on any atom is 0.262 e. The standard InChI is InChI=1S/C22H18ClFN4O2S/c23-17-12-15(13-25-28-22(31)26-16-6-2-1-3-7-16)10-11-20(17)30-14-21(29)27-19-9-5-4-8-18(19)24/h1-13H,14H2,(H,27,29)(H2,26,28,31)/b25-13+. The highest BCUT2D eigenvalue weighted by molar-refractivity contribution is 7.80. The number of nitrogens with zero attached hydrogens (tertiary/aromatic N) is 1. The molecule has 0 saturated carbocycles. The van der Waals surface area contributed by atoms with Gasteiger partial charge in [0.1, 0.15) is 11.6 Å². The van der Waals surface area contributed by atoms with Gasteiger partial charge in [0.15, 0.2) is 11.7 Å². The largest absolute Gasteiger partial charge is 0.482 e. The van der Waals surface area contributed by atoms with E-state index in [2.05, 4.69) is 21.2 Å². The molecular formula is C22H18ClFN4O2S. The zero-order chi connectivity index (χ0) is 22.1. The van der Waals surface area contributed by atoms with E-state index < -0.39 is 11.7 Å². The predicted octanol–water partition coefficient (Wildman–Crippen LogP) is 4.82. The Morgan fingerprint density at radius 3 is 2.55 bits per heavy atom. The van der Waals surface area contributed by atoms with E-state index in [0.29, 0.717) is 21.4 Å². The molecule has 3 rings (SSSR count). The van der Waals surface area contributed by atoms with Crippen molar-refractivity contribution in [2.75, 3.05) is 17.2 Å². The van der Waals surface area contributed by atoms with Crippen LogP contribution in [0.15, 0.2) is 77.9 Å². The maximum atomic E-state index is 13.6. The van der Waals surface area contributed by atoms with Crippen LogP contribution in [0.25, 0.3) is 0 Å². The van der Waals surface area contributed by atoms with Gasteiger partial charge >= 0.3 is 0 Å². The fourth-order valence-corrected chi connectivity index (χ4v) is 2.87. The molecular weight excluding hydrogens is 439 g/mol. The van der Waals surface area contributed by atoms with Gasteiger partial charge in [-0.2, -0.15) is 5.10 Å². The Labute approximate surface area is 189 Å². The van der Waals surface area contributed by atoms with Crippen LogP contribution in [0, 0.1) is 5.82 Å². The Bertz CT molecular complexity index is 1100. The number of hydrogen-bond donors (Lipinski definition) is 3. The third-order valence-electron chi connectivity index (χ3n) is 3.87. The average Bonchev–Trinajstić information content (AvgIpc) is 2.75. The predicted molar refractivity (Wildman–Crippen MR) is 125 cm³/mol. The first-order chi connectivity index (χ1) is 15.0. The van der Waals surface area contributed by atoms with Gasteiger partial charge in [-0.25, -0.2) is 4.39 Å². The molecule has 158 valence electrons. The summed E-state index contributed by atoms with van der Waals surface area (Å²) in [5, 5.41) is 10.1. The summed E-state index contributed by atoms with van der Waals surface area (Å²) in [7, 11) is 0. The molecule has 0 aromatic heterocycles. The third kappa shape index (κ3) is 7.06. The lowest BCUT2D eigenvalue weighted by Crippen LogP contribution is -2.23. The van der Waals surface area contributed by atoms with Gasteiger partial charge in [-0.15, -0.1) is 0 Å². The summed E-state index contributed by atoms with van der Waals surface area (Å²) in [5.74, 6) is -0.711. The molecule has 0 radical (unpaired) electrons. The molecule has 0 heterocycles. The summed E-state index contributed by atoms with van der Waals surface area (Å²) >= 11 is 11.4. The number of hydrazone groups is 1. The van der Waals surface area contributed by atoms with E-state index in [4.69, 9.17) is 28.6 Å². The fraction of sp³-hybridized carbons (Fsp3) is 0.0455. The molecule has 0 aliphatic carbocycles. The average molecular weight is 457 g/mol. The van der Waals surface area contributed by atoms with E-state index in [1.165, 1.54) is 18.2 Å². The molecule has 0 aliphatic heterocycles. The van der Waals surface area contributed by atoms with Crippen LogP contribution < -0.4 is 20.8 Å². The zero-order valence-electron chi connectivity index (χ0n) is 16.1. The molecule has 0 atom stereocenters. The molecule has 0 bridgehead atoms. The lowest BCUT2D eigenvalue weighted by atomic mass is 10.2. The van der Waals surface area contributed by atoms with Gasteiger partial charge in [0.25, 0.3) is 5.91 Å². The van der Waals surface area contributed by atoms with Crippen LogP contribution in [0.2, 0.25) is 5.02 Å². The quantitative estimate of drug-likeness (QED) is 0.270. The van der Waals surface area contributed by atoms with Gasteiger partial charge in [0.05, 0.1) is 16.9 Å². The van der Waals surface area contributed by atoms with Crippen LogP contribution >= 0.6 is 23.8 Å². The van der Waals surface area contributed by atoms with Crippen molar-refractivity contribution in [1.82, 2.24) is 5.43 Å². The molecule has 0 aliphatic rings. The number of thiocarbonyl (C=S) groups is 1. The number of ether oxygens (including phenoxy) is 1. The van der Waals surface area contributed by atoms with Crippen molar-refractivity contribution >= 4 is 52.4 Å². The summed E-state index contributed by atoms with van der Waals surface area (Å²) in [6, 6.07) is 20.3. The number of anilines is 2. The molecule has 0 spiro atoms. The number of carbonyl (C=O) groups is 1. The van der Waals surface area contributed by atoms with Crippen molar-refractivity contribution in [2.45, 2.75) is 0 Å². The van der Waals surface area contributed by atoms with Gasteiger partial charge in [0, 0.05) is 5.69 Å². The van der Waals surface area contributed by atoms with Crippen LogP contribution in [-0.4, -0.2) is 23.8 Å². The number of para-hydroxylation sites is 2. The second kappa shape index (κ2) is 11.1. The summed E-state index contributed by atoms with van der Waals surface area (Å²) in [6.45, 7) is -0.317. The van der Waals surface area contributed by atoms with E-state index in [0.717, 1.165) is 5.69 Å². The second-order valence-corrected chi connectivity index (χ2v) is 7.01. The van der Waals surface area contributed by atoms with E-state index >= 15 is 0 Å². The second-order valence-electron chi connectivity index (χ2n) is 6.20. The van der Waals surface area contributed by atoms with Gasteiger partial charge in [0.2, 0.25) is 0 Å². The number of nitrogens with one attached hydrogen (secondary N) is 3. The van der Waals surface area contributed by atoms with Crippen molar-refractivity contribution in [3.63, 3.8) is 0 Å². The molecule has 3 aromatic carbocycles. The van der Waals surface area contributed by atoms with Crippen molar-refractivity contribution in [2.24, 2.45) is 5.10 Å². The molecule has 3 aromatic rings. The van der Waals surface area contributed by atoms with Crippen LogP contribution in [0.1, 0.15) is 5.56 Å². The minimum atomic E-state index is -0.524. The van der Waals surface area contributed by atoms with E-state index in [9.17, 15) is 9.18 Å². The minimum Gasteiger partial charge on any atom is -0.482 e. The normalized spacial score (nSPS) is 10.5. The first kappa shape index (κ1) is 22.2. The van der Waals surface area contributed by atoms with Gasteiger partial charge < -0.3 is 15.4 Å². The Balaban J connectivity index is 1.49. The number of halogens is 2. The van der Waals surface area contributed by atoms with E-state index in [-0.39, 0.29) is 12.3 Å². The molecule has 9 heteroatoms. The third-order valence-corrected chi connectivity index (χ3v) is 4.36. The highest BCUT2D eigenvalue weighted by Gasteiger charge is 2.09. The fourth-order valence-electron chi connectivity index (χ4n) is 2.45. The first-order valence-corrected chi connectivity index (χ1v) is 9.92. The number of hydrogen-bond acceptors (Lipinski definition) is 4. The summed E-state index contributed by atoms with van der Waals surface area (Å²) in [5.41, 5.74) is 4.34. The topological polar surface area (TPSA) is 74.8 Å². The Morgan fingerprint density at radius 2 is 1.81 bits per heavy atom. The monoisotopic (exact) mass is 456 g/mol. The van der Waals surface area contributed by atoms with Crippen molar-refractivity contribution < 1.29 is 13.9 Å². The lowest BCUT2D eigenvalue weighted by Gasteiger charge is -2.10. The van der Waals surface area contributed by atoms with Crippen LogP contribution in [-0.2, 0) is 4.79 Å². The van der Waals surface area contributed by atoms with E-state index in [1.807, 2.05) is 30.3 Å². The Kier molecular flexibility index (Phi) is 7.91. The molecule has 0 fully saturated rings. The Hall–Kier alpha value is -3.49. The molecule has 0 unspecified atom stereocenters. The summed E-state index contributed by atoms with van der Waals surface area (Å²) in [4.78, 5) is 12.0. The SMILES string of the molecule is O=C(COc1ccc(/C=N/NC(=S)Nc2ccccc2)cc1Cl)Nc1ccccc1F. The first-order valence-electron chi connectivity index (χ1n) is 9.13. The van der Waals surface area contributed by atoms with E-state index in [1.54, 1.807) is 30.5 Å². The van der Waals surface area contributed by atoms with Crippen molar-refractivity contribution in [1.29, 1.82) is 0 Å². The smallest absolute Gasteiger partial charge is 0.262 e. The Morgan fingerprint density at radius 1 is 1.06 bits per heavy atom. The zero-order valence-corrected chi connectivity index (χ0v) is 17.7. The maximum absolute atomic E-state index is 13.6. The molecule has 3 N–H and O–H groups in total. The van der Waals surface area contributed by atoms with Crippen molar-refractivity contribution in [3.8, 4) is 5.75 Å². The highest BCUT2D eigenvalue weighted by Crippen LogP contribution is 2.25. The minimum absolute atomic E-state index is 0.0842. The number of benzene rings is 3. The number of amides is 1. The molecule has 1 amide bonds. The van der Waals surface area contributed by atoms with Crippen molar-refractivity contribution in [3.05, 3.63) is 89.2 Å². The van der Waals surface area contributed by atoms with Crippen LogP contribution in [0.5, 0.6) is 5.75 Å². The van der Waals surface area contributed by atoms with Gasteiger partial charge in [-0.3, -0.25) is 10.2 Å².